The van der Waals surface area contributed by atoms with Crippen molar-refractivity contribution in [3.05, 3.63) is 35.9 Å². The Balaban J connectivity index is 1.89. The van der Waals surface area contributed by atoms with E-state index >= 15 is 0 Å². The second-order valence-electron chi connectivity index (χ2n) is 4.99. The first kappa shape index (κ1) is 15.3. The molecule has 1 aromatic rings. The van der Waals surface area contributed by atoms with Crippen LogP contribution in [-0.4, -0.2) is 36.0 Å². The molecule has 0 spiro atoms. The first-order chi connectivity index (χ1) is 9.85. The number of likely N-dealkylation sites (tertiary alicyclic amines) is 1. The number of amides is 2. The quantitative estimate of drug-likeness (QED) is 0.920. The van der Waals surface area contributed by atoms with Gasteiger partial charge in [-0.2, -0.15) is 13.2 Å². The summed E-state index contributed by atoms with van der Waals surface area (Å²) in [6, 6.07) is 9.23. The zero-order chi connectivity index (χ0) is 15.5. The number of benzene rings is 1. The molecule has 1 heterocycles. The van der Waals surface area contributed by atoms with Gasteiger partial charge >= 0.3 is 6.18 Å². The molecule has 0 bridgehead atoms. The molecule has 0 radical (unpaired) electrons. The van der Waals surface area contributed by atoms with Crippen molar-refractivity contribution in [1.82, 2.24) is 10.2 Å². The number of hydrogen-bond donors (Lipinski definition) is 1. The number of carbonyl (C=O) groups is 2. The van der Waals surface area contributed by atoms with Gasteiger partial charge in [0.05, 0.1) is 5.92 Å². The third-order valence-corrected chi connectivity index (χ3v) is 3.26. The molecule has 0 unspecified atom stereocenters. The van der Waals surface area contributed by atoms with Crippen molar-refractivity contribution in [3.8, 4) is 0 Å². The van der Waals surface area contributed by atoms with Gasteiger partial charge in [0.25, 0.3) is 0 Å². The smallest absolute Gasteiger partial charge is 0.347 e. The van der Waals surface area contributed by atoms with E-state index in [4.69, 9.17) is 0 Å². The molecule has 1 saturated heterocycles. The molecule has 0 aliphatic carbocycles. The van der Waals surface area contributed by atoms with Gasteiger partial charge in [-0.25, -0.2) is 0 Å². The van der Waals surface area contributed by atoms with E-state index in [1.54, 1.807) is 0 Å². The maximum atomic E-state index is 12.1. The zero-order valence-electron chi connectivity index (χ0n) is 11.2. The number of halogens is 3. The Hall–Kier alpha value is -2.05. The van der Waals surface area contributed by atoms with Crippen LogP contribution in [0.1, 0.15) is 12.0 Å². The largest absolute Gasteiger partial charge is 0.405 e. The van der Waals surface area contributed by atoms with Gasteiger partial charge in [0.1, 0.15) is 6.54 Å². The molecule has 0 aromatic heterocycles. The highest BCUT2D eigenvalue weighted by Crippen LogP contribution is 2.21. The average Bonchev–Trinajstić information content (AvgIpc) is 2.78. The van der Waals surface area contributed by atoms with Crippen LogP contribution in [0.4, 0.5) is 13.2 Å². The average molecular weight is 300 g/mol. The van der Waals surface area contributed by atoms with Gasteiger partial charge in [-0.15, -0.1) is 0 Å². The first-order valence-electron chi connectivity index (χ1n) is 6.51. The lowest BCUT2D eigenvalue weighted by molar-refractivity contribution is -0.140. The van der Waals surface area contributed by atoms with Crippen molar-refractivity contribution >= 4 is 11.8 Å². The lowest BCUT2D eigenvalue weighted by atomic mass is 10.1. The topological polar surface area (TPSA) is 49.4 Å². The minimum Gasteiger partial charge on any atom is -0.347 e. The Morgan fingerprint density at radius 1 is 1.29 bits per heavy atom. The SMILES string of the molecule is O=C(NCC(F)(F)F)[C@@H]1CC(=O)N(Cc2ccccc2)C1. The van der Waals surface area contributed by atoms with Crippen molar-refractivity contribution < 1.29 is 22.8 Å². The van der Waals surface area contributed by atoms with E-state index in [1.807, 2.05) is 35.6 Å². The summed E-state index contributed by atoms with van der Waals surface area (Å²) < 4.78 is 36.2. The van der Waals surface area contributed by atoms with Crippen molar-refractivity contribution in [3.63, 3.8) is 0 Å². The molecule has 114 valence electrons. The van der Waals surface area contributed by atoms with Gasteiger partial charge in [0, 0.05) is 19.5 Å². The normalized spacial score (nSPS) is 18.9. The molecule has 1 aliphatic rings. The lowest BCUT2D eigenvalue weighted by Gasteiger charge is -2.17. The molecule has 2 rings (SSSR count). The van der Waals surface area contributed by atoms with Crippen molar-refractivity contribution in [1.29, 1.82) is 0 Å². The number of rotatable bonds is 4. The summed E-state index contributed by atoms with van der Waals surface area (Å²) in [4.78, 5) is 25.0. The third kappa shape index (κ3) is 4.47. The molecular formula is C14H15F3N2O2. The molecular weight excluding hydrogens is 285 g/mol. The minimum atomic E-state index is -4.44. The fourth-order valence-electron chi connectivity index (χ4n) is 2.24. The maximum absolute atomic E-state index is 12.1. The van der Waals surface area contributed by atoms with Crippen LogP contribution in [0.5, 0.6) is 0 Å². The fourth-order valence-corrected chi connectivity index (χ4v) is 2.24. The first-order valence-corrected chi connectivity index (χ1v) is 6.51. The summed E-state index contributed by atoms with van der Waals surface area (Å²) in [5, 5.41) is 1.83. The van der Waals surface area contributed by atoms with Crippen LogP contribution in [-0.2, 0) is 16.1 Å². The van der Waals surface area contributed by atoms with E-state index in [1.165, 1.54) is 4.90 Å². The molecule has 1 aromatic carbocycles. The number of carbonyl (C=O) groups excluding carboxylic acids is 2. The van der Waals surface area contributed by atoms with E-state index in [0.29, 0.717) is 6.54 Å². The number of nitrogens with zero attached hydrogens (tertiary/aromatic N) is 1. The van der Waals surface area contributed by atoms with Crippen LogP contribution < -0.4 is 5.32 Å². The standard InChI is InChI=1S/C14H15F3N2O2/c15-14(16,17)9-18-13(21)11-6-12(20)19(8-11)7-10-4-2-1-3-5-10/h1-5,11H,6-9H2,(H,18,21)/t11-/m1/s1. The van der Waals surface area contributed by atoms with E-state index in [0.717, 1.165) is 5.56 Å². The molecule has 21 heavy (non-hydrogen) atoms. The van der Waals surface area contributed by atoms with Crippen LogP contribution in [0.15, 0.2) is 30.3 Å². The van der Waals surface area contributed by atoms with Gasteiger partial charge in [0.2, 0.25) is 11.8 Å². The zero-order valence-corrected chi connectivity index (χ0v) is 11.2. The summed E-state index contributed by atoms with van der Waals surface area (Å²) in [6.07, 6.45) is -4.49. The van der Waals surface area contributed by atoms with Gasteiger partial charge < -0.3 is 10.2 Å². The van der Waals surface area contributed by atoms with E-state index < -0.39 is 24.5 Å². The van der Waals surface area contributed by atoms with Crippen LogP contribution in [0.2, 0.25) is 0 Å². The molecule has 2 amide bonds. The van der Waals surface area contributed by atoms with E-state index in [-0.39, 0.29) is 18.9 Å². The van der Waals surface area contributed by atoms with Crippen molar-refractivity contribution in [2.24, 2.45) is 5.92 Å². The van der Waals surface area contributed by atoms with Crippen molar-refractivity contribution in [2.45, 2.75) is 19.1 Å². The molecule has 1 aliphatic heterocycles. The fraction of sp³-hybridized carbons (Fsp3) is 0.429. The monoisotopic (exact) mass is 300 g/mol. The highest BCUT2D eigenvalue weighted by Gasteiger charge is 2.36. The molecule has 0 saturated carbocycles. The maximum Gasteiger partial charge on any atom is 0.405 e. The van der Waals surface area contributed by atoms with Gasteiger partial charge in [-0.05, 0) is 5.56 Å². The number of alkyl halides is 3. The summed E-state index contributed by atoms with van der Waals surface area (Å²) in [7, 11) is 0. The summed E-state index contributed by atoms with van der Waals surface area (Å²) in [6.45, 7) is -0.852. The van der Waals surface area contributed by atoms with Crippen LogP contribution in [0.25, 0.3) is 0 Å². The summed E-state index contributed by atoms with van der Waals surface area (Å²) in [5.41, 5.74) is 0.919. The minimum absolute atomic E-state index is 0.0451. The van der Waals surface area contributed by atoms with E-state index in [2.05, 4.69) is 0 Å². The van der Waals surface area contributed by atoms with Crippen LogP contribution >= 0.6 is 0 Å². The lowest BCUT2D eigenvalue weighted by Crippen LogP contribution is -2.38. The highest BCUT2D eigenvalue weighted by atomic mass is 19.4. The molecule has 1 fully saturated rings. The summed E-state index contributed by atoms with van der Waals surface area (Å²) >= 11 is 0. The Morgan fingerprint density at radius 3 is 2.57 bits per heavy atom. The molecule has 7 heteroatoms. The second-order valence-corrected chi connectivity index (χ2v) is 4.99. The Bertz CT molecular complexity index is 517. The van der Waals surface area contributed by atoms with Crippen molar-refractivity contribution in [2.75, 3.05) is 13.1 Å². The predicted molar refractivity (Wildman–Crippen MR) is 69.0 cm³/mol. The van der Waals surface area contributed by atoms with Crippen LogP contribution in [0.3, 0.4) is 0 Å². The highest BCUT2D eigenvalue weighted by molar-refractivity contribution is 5.89. The Morgan fingerprint density at radius 2 is 1.95 bits per heavy atom. The molecule has 1 atom stereocenters. The molecule has 1 N–H and O–H groups in total. The van der Waals surface area contributed by atoms with Crippen LogP contribution in [0, 0.1) is 5.92 Å². The Kier molecular flexibility index (Phi) is 4.50. The predicted octanol–water partition coefficient (Wildman–Crippen LogP) is 1.71. The Labute approximate surface area is 119 Å². The number of hydrogen-bond acceptors (Lipinski definition) is 2. The van der Waals surface area contributed by atoms with E-state index in [9.17, 15) is 22.8 Å². The molecule has 4 nitrogen and oxygen atoms in total. The van der Waals surface area contributed by atoms with Gasteiger partial charge in [0.15, 0.2) is 0 Å². The van der Waals surface area contributed by atoms with Gasteiger partial charge in [-0.3, -0.25) is 9.59 Å². The third-order valence-electron chi connectivity index (χ3n) is 3.26. The van der Waals surface area contributed by atoms with Gasteiger partial charge in [-0.1, -0.05) is 30.3 Å². The second kappa shape index (κ2) is 6.15. The summed E-state index contributed by atoms with van der Waals surface area (Å²) in [5.74, 6) is -1.66. The number of nitrogens with one attached hydrogen (secondary N) is 1.